The third-order valence-electron chi connectivity index (χ3n) is 2.87. The molecule has 0 heterocycles. The summed E-state index contributed by atoms with van der Waals surface area (Å²) in [5.74, 6) is -0.194. The highest BCUT2D eigenvalue weighted by Gasteiger charge is 2.23. The fourth-order valence-electron chi connectivity index (χ4n) is 1.66. The molecule has 21 heavy (non-hydrogen) atoms. The topological polar surface area (TPSA) is 70.2 Å². The maximum Gasteiger partial charge on any atom is 0.319 e. The number of rotatable bonds is 5. The van der Waals surface area contributed by atoms with E-state index in [0.717, 1.165) is 12.8 Å². The molecule has 2 rings (SSSR count). The standard InChI is InChI=1S/C16H19N3O2/c1-2-3-4-5-15(20)17-12-6-8-13(9-7-12)18-16(21)19-14-10-11-14/h2-9,14H,10-11H2,1H3,(H,17,20)(H2,18,19,21)/b3-2+,5-4+. The molecule has 0 aromatic heterocycles. The Labute approximate surface area is 124 Å². The summed E-state index contributed by atoms with van der Waals surface area (Å²) in [5.41, 5.74) is 1.37. The second kappa shape index (κ2) is 7.28. The van der Waals surface area contributed by atoms with Gasteiger partial charge in [0, 0.05) is 23.5 Å². The highest BCUT2D eigenvalue weighted by molar-refractivity contribution is 5.99. The lowest BCUT2D eigenvalue weighted by atomic mass is 10.2. The third kappa shape index (κ3) is 5.52. The maximum atomic E-state index is 11.6. The van der Waals surface area contributed by atoms with Crippen molar-refractivity contribution in [3.63, 3.8) is 0 Å². The van der Waals surface area contributed by atoms with Crippen molar-refractivity contribution in [3.05, 3.63) is 48.6 Å². The molecule has 1 aliphatic carbocycles. The van der Waals surface area contributed by atoms with E-state index in [-0.39, 0.29) is 11.9 Å². The van der Waals surface area contributed by atoms with Crippen LogP contribution < -0.4 is 16.0 Å². The van der Waals surface area contributed by atoms with Gasteiger partial charge in [-0.05, 0) is 44.0 Å². The van der Waals surface area contributed by atoms with E-state index in [4.69, 9.17) is 0 Å². The van der Waals surface area contributed by atoms with Crippen molar-refractivity contribution in [1.82, 2.24) is 5.32 Å². The van der Waals surface area contributed by atoms with Gasteiger partial charge >= 0.3 is 6.03 Å². The second-order valence-electron chi connectivity index (χ2n) is 4.82. The summed E-state index contributed by atoms with van der Waals surface area (Å²) in [6.07, 6.45) is 8.86. The summed E-state index contributed by atoms with van der Waals surface area (Å²) in [6.45, 7) is 1.88. The lowest BCUT2D eigenvalue weighted by Gasteiger charge is -2.07. The first kappa shape index (κ1) is 14.8. The van der Waals surface area contributed by atoms with Gasteiger partial charge < -0.3 is 16.0 Å². The van der Waals surface area contributed by atoms with E-state index in [2.05, 4.69) is 16.0 Å². The Morgan fingerprint density at radius 1 is 1.05 bits per heavy atom. The number of allylic oxidation sites excluding steroid dienone is 3. The van der Waals surface area contributed by atoms with Crippen LogP contribution in [0.3, 0.4) is 0 Å². The summed E-state index contributed by atoms with van der Waals surface area (Å²) in [5, 5.41) is 8.33. The Kier molecular flexibility index (Phi) is 5.15. The zero-order chi connectivity index (χ0) is 15.1. The minimum atomic E-state index is -0.194. The first-order valence-corrected chi connectivity index (χ1v) is 6.95. The van der Waals surface area contributed by atoms with Crippen molar-refractivity contribution >= 4 is 23.3 Å². The largest absolute Gasteiger partial charge is 0.335 e. The number of benzene rings is 1. The van der Waals surface area contributed by atoms with Gasteiger partial charge in [0.2, 0.25) is 5.91 Å². The van der Waals surface area contributed by atoms with E-state index in [9.17, 15) is 9.59 Å². The average molecular weight is 285 g/mol. The fraction of sp³-hybridized carbons (Fsp3) is 0.250. The fourth-order valence-corrected chi connectivity index (χ4v) is 1.66. The number of carbonyl (C=O) groups excluding carboxylic acids is 2. The zero-order valence-electron chi connectivity index (χ0n) is 11.9. The maximum absolute atomic E-state index is 11.6. The Hall–Kier alpha value is -2.56. The number of nitrogens with one attached hydrogen (secondary N) is 3. The molecule has 110 valence electrons. The predicted octanol–water partition coefficient (Wildman–Crippen LogP) is 3.04. The smallest absolute Gasteiger partial charge is 0.319 e. The molecule has 3 amide bonds. The van der Waals surface area contributed by atoms with Gasteiger partial charge in [0.05, 0.1) is 0 Å². The van der Waals surface area contributed by atoms with Crippen molar-refractivity contribution in [2.45, 2.75) is 25.8 Å². The summed E-state index contributed by atoms with van der Waals surface area (Å²) in [4.78, 5) is 23.1. The van der Waals surface area contributed by atoms with Crippen molar-refractivity contribution in [3.8, 4) is 0 Å². The van der Waals surface area contributed by atoms with Crippen LogP contribution >= 0.6 is 0 Å². The van der Waals surface area contributed by atoms with Gasteiger partial charge in [-0.3, -0.25) is 4.79 Å². The molecule has 1 fully saturated rings. The van der Waals surface area contributed by atoms with E-state index in [0.29, 0.717) is 17.4 Å². The van der Waals surface area contributed by atoms with Crippen LogP contribution in [0.15, 0.2) is 48.6 Å². The van der Waals surface area contributed by atoms with Gasteiger partial charge in [-0.1, -0.05) is 18.2 Å². The van der Waals surface area contributed by atoms with Crippen molar-refractivity contribution < 1.29 is 9.59 Å². The average Bonchev–Trinajstić information content (AvgIpc) is 3.25. The van der Waals surface area contributed by atoms with E-state index < -0.39 is 0 Å². The second-order valence-corrected chi connectivity index (χ2v) is 4.82. The highest BCUT2D eigenvalue weighted by atomic mass is 16.2. The quantitative estimate of drug-likeness (QED) is 0.575. The molecular weight excluding hydrogens is 266 g/mol. The molecule has 1 aromatic rings. The third-order valence-corrected chi connectivity index (χ3v) is 2.87. The Morgan fingerprint density at radius 2 is 1.67 bits per heavy atom. The Morgan fingerprint density at radius 3 is 2.24 bits per heavy atom. The summed E-state index contributed by atoms with van der Waals surface area (Å²) in [7, 11) is 0. The summed E-state index contributed by atoms with van der Waals surface area (Å²) < 4.78 is 0. The molecule has 0 spiro atoms. The lowest BCUT2D eigenvalue weighted by Crippen LogP contribution is -2.30. The van der Waals surface area contributed by atoms with Crippen LogP contribution in [0.5, 0.6) is 0 Å². The summed E-state index contributed by atoms with van der Waals surface area (Å²) in [6, 6.07) is 7.12. The number of anilines is 2. The first-order chi connectivity index (χ1) is 10.2. The van der Waals surface area contributed by atoms with Crippen molar-refractivity contribution in [2.24, 2.45) is 0 Å². The van der Waals surface area contributed by atoms with Gasteiger partial charge in [-0.15, -0.1) is 0 Å². The molecule has 1 aromatic carbocycles. The van der Waals surface area contributed by atoms with E-state index in [1.54, 1.807) is 36.4 Å². The number of hydrogen-bond donors (Lipinski definition) is 3. The molecule has 0 radical (unpaired) electrons. The molecule has 0 saturated heterocycles. The van der Waals surface area contributed by atoms with E-state index >= 15 is 0 Å². The van der Waals surface area contributed by atoms with Gasteiger partial charge in [0.15, 0.2) is 0 Å². The SMILES string of the molecule is C/C=C/C=C/C(=O)Nc1ccc(NC(=O)NC2CC2)cc1. The lowest BCUT2D eigenvalue weighted by molar-refractivity contribution is -0.111. The molecular formula is C16H19N3O2. The van der Waals surface area contributed by atoms with Crippen molar-refractivity contribution in [1.29, 1.82) is 0 Å². The van der Waals surface area contributed by atoms with E-state index in [1.165, 1.54) is 6.08 Å². The monoisotopic (exact) mass is 285 g/mol. The molecule has 5 nitrogen and oxygen atoms in total. The van der Waals surface area contributed by atoms with Gasteiger partial charge in [0.25, 0.3) is 0 Å². The van der Waals surface area contributed by atoms with Crippen LogP contribution in [0.1, 0.15) is 19.8 Å². The van der Waals surface area contributed by atoms with Crippen LogP contribution in [0.4, 0.5) is 16.2 Å². The normalized spacial score (nSPS) is 14.3. The first-order valence-electron chi connectivity index (χ1n) is 6.95. The highest BCUT2D eigenvalue weighted by Crippen LogP contribution is 2.19. The number of urea groups is 1. The molecule has 0 bridgehead atoms. The minimum absolute atomic E-state index is 0.191. The molecule has 5 heteroatoms. The van der Waals surface area contributed by atoms with Crippen LogP contribution in [0, 0.1) is 0 Å². The Bertz CT molecular complexity index is 557. The predicted molar refractivity (Wildman–Crippen MR) is 84.2 cm³/mol. The minimum Gasteiger partial charge on any atom is -0.335 e. The molecule has 3 N–H and O–H groups in total. The van der Waals surface area contributed by atoms with Gasteiger partial charge in [-0.2, -0.15) is 0 Å². The van der Waals surface area contributed by atoms with E-state index in [1.807, 2.05) is 13.0 Å². The molecule has 0 atom stereocenters. The molecule has 1 aliphatic rings. The zero-order valence-corrected chi connectivity index (χ0v) is 11.9. The van der Waals surface area contributed by atoms with Crippen LogP contribution in [-0.2, 0) is 4.79 Å². The molecule has 1 saturated carbocycles. The summed E-state index contributed by atoms with van der Waals surface area (Å²) >= 11 is 0. The van der Waals surface area contributed by atoms with Crippen molar-refractivity contribution in [2.75, 3.05) is 10.6 Å². The van der Waals surface area contributed by atoms with Gasteiger partial charge in [0.1, 0.15) is 0 Å². The van der Waals surface area contributed by atoms with Crippen LogP contribution in [0.2, 0.25) is 0 Å². The molecule has 0 unspecified atom stereocenters. The number of amides is 3. The Balaban J connectivity index is 1.83. The molecule has 0 aliphatic heterocycles. The number of carbonyl (C=O) groups is 2. The van der Waals surface area contributed by atoms with Crippen LogP contribution in [0.25, 0.3) is 0 Å². The van der Waals surface area contributed by atoms with Crippen LogP contribution in [-0.4, -0.2) is 18.0 Å². The number of hydrogen-bond acceptors (Lipinski definition) is 2. The van der Waals surface area contributed by atoms with Gasteiger partial charge in [-0.25, -0.2) is 4.79 Å².